The van der Waals surface area contributed by atoms with Gasteiger partial charge in [0.2, 0.25) is 0 Å². The summed E-state index contributed by atoms with van der Waals surface area (Å²) >= 11 is 0. The summed E-state index contributed by atoms with van der Waals surface area (Å²) in [6.45, 7) is 1.35. The predicted octanol–water partition coefficient (Wildman–Crippen LogP) is -0.210. The summed E-state index contributed by atoms with van der Waals surface area (Å²) in [4.78, 5) is 10.6. The summed E-state index contributed by atoms with van der Waals surface area (Å²) in [6, 6.07) is -0.414. The van der Waals surface area contributed by atoms with Crippen LogP contribution in [0.15, 0.2) is 0 Å². The number of aliphatic hydroxyl groups excluding tert-OH is 1. The van der Waals surface area contributed by atoms with Gasteiger partial charge in [-0.3, -0.25) is 4.79 Å². The van der Waals surface area contributed by atoms with Gasteiger partial charge in [0.05, 0.1) is 12.1 Å². The zero-order valence-corrected chi connectivity index (χ0v) is 7.19. The molecule has 1 aliphatic carbocycles. The first-order valence-corrected chi connectivity index (χ1v) is 4.22. The van der Waals surface area contributed by atoms with Crippen molar-refractivity contribution in [1.82, 2.24) is 0 Å². The average Bonchev–Trinajstić information content (AvgIpc) is 1.98. The Hall–Kier alpha value is -0.610. The molecule has 0 aromatic heterocycles. The molecule has 0 amide bonds. The minimum atomic E-state index is -0.525. The quantitative estimate of drug-likeness (QED) is 0.538. The van der Waals surface area contributed by atoms with Crippen LogP contribution in [-0.2, 0) is 9.53 Å². The van der Waals surface area contributed by atoms with Gasteiger partial charge in [0, 0.05) is 6.92 Å². The Labute approximate surface area is 71.7 Å². The van der Waals surface area contributed by atoms with E-state index < -0.39 is 12.1 Å². The maximum absolute atomic E-state index is 10.6. The third-order valence-corrected chi connectivity index (χ3v) is 2.18. The molecular weight excluding hydrogens is 158 g/mol. The van der Waals surface area contributed by atoms with Crippen molar-refractivity contribution in [3.63, 3.8) is 0 Å². The van der Waals surface area contributed by atoms with E-state index in [0.29, 0.717) is 6.42 Å². The zero-order valence-electron chi connectivity index (χ0n) is 7.19. The largest absolute Gasteiger partial charge is 0.461 e. The van der Waals surface area contributed by atoms with Crippen LogP contribution in [0.3, 0.4) is 0 Å². The fourth-order valence-electron chi connectivity index (χ4n) is 1.51. The van der Waals surface area contributed by atoms with Gasteiger partial charge in [-0.25, -0.2) is 0 Å². The number of ether oxygens (including phenoxy) is 1. The molecule has 0 saturated heterocycles. The van der Waals surface area contributed by atoms with Gasteiger partial charge in [-0.2, -0.15) is 0 Å². The molecule has 1 aliphatic rings. The summed E-state index contributed by atoms with van der Waals surface area (Å²) < 4.78 is 4.95. The second-order valence-electron chi connectivity index (χ2n) is 3.22. The molecule has 0 aromatic rings. The maximum Gasteiger partial charge on any atom is 0.302 e. The van der Waals surface area contributed by atoms with Gasteiger partial charge >= 0.3 is 5.97 Å². The Morgan fingerprint density at radius 1 is 1.58 bits per heavy atom. The summed E-state index contributed by atoms with van der Waals surface area (Å²) in [5.74, 6) is -0.329. The average molecular weight is 173 g/mol. The van der Waals surface area contributed by atoms with Crippen LogP contribution in [0.2, 0.25) is 0 Å². The first-order valence-electron chi connectivity index (χ1n) is 4.22. The van der Waals surface area contributed by atoms with Gasteiger partial charge in [0.1, 0.15) is 6.10 Å². The zero-order chi connectivity index (χ0) is 9.14. The van der Waals surface area contributed by atoms with Gasteiger partial charge in [0.15, 0.2) is 0 Å². The van der Waals surface area contributed by atoms with Gasteiger partial charge in [-0.1, -0.05) is 0 Å². The molecule has 0 spiro atoms. The van der Waals surface area contributed by atoms with Crippen molar-refractivity contribution >= 4 is 5.97 Å². The third-order valence-electron chi connectivity index (χ3n) is 2.18. The number of esters is 1. The monoisotopic (exact) mass is 173 g/mol. The van der Waals surface area contributed by atoms with E-state index in [-0.39, 0.29) is 12.1 Å². The van der Waals surface area contributed by atoms with E-state index in [9.17, 15) is 9.90 Å². The van der Waals surface area contributed by atoms with Crippen molar-refractivity contribution in [3.05, 3.63) is 0 Å². The molecule has 3 N–H and O–H groups in total. The molecule has 70 valence electrons. The van der Waals surface area contributed by atoms with Crippen LogP contribution in [0, 0.1) is 0 Å². The van der Waals surface area contributed by atoms with Crippen LogP contribution in [-0.4, -0.2) is 29.3 Å². The van der Waals surface area contributed by atoms with E-state index >= 15 is 0 Å². The lowest BCUT2D eigenvalue weighted by molar-refractivity contribution is -0.150. The number of aliphatic hydroxyl groups is 1. The number of nitrogens with two attached hydrogens (primary N) is 1. The first kappa shape index (κ1) is 9.48. The first-order chi connectivity index (χ1) is 5.61. The Morgan fingerprint density at radius 2 is 2.25 bits per heavy atom. The van der Waals surface area contributed by atoms with E-state index in [2.05, 4.69) is 0 Å². The van der Waals surface area contributed by atoms with Gasteiger partial charge in [-0.15, -0.1) is 0 Å². The topological polar surface area (TPSA) is 72.5 Å². The van der Waals surface area contributed by atoms with E-state index in [0.717, 1.165) is 12.8 Å². The minimum Gasteiger partial charge on any atom is -0.461 e. The molecule has 12 heavy (non-hydrogen) atoms. The van der Waals surface area contributed by atoms with Crippen LogP contribution in [0.4, 0.5) is 0 Å². The highest BCUT2D eigenvalue weighted by Gasteiger charge is 2.30. The highest BCUT2D eigenvalue weighted by molar-refractivity contribution is 5.66. The Morgan fingerprint density at radius 3 is 2.83 bits per heavy atom. The van der Waals surface area contributed by atoms with Gasteiger partial charge in [-0.05, 0) is 19.3 Å². The lowest BCUT2D eigenvalue weighted by Gasteiger charge is -2.31. The summed E-state index contributed by atoms with van der Waals surface area (Å²) in [6.07, 6.45) is 1.51. The van der Waals surface area contributed by atoms with E-state index in [1.165, 1.54) is 6.92 Å². The Balaban J connectivity index is 2.46. The molecule has 4 nitrogen and oxygen atoms in total. The number of rotatable bonds is 1. The van der Waals surface area contributed by atoms with Crippen LogP contribution in [0.25, 0.3) is 0 Å². The molecule has 1 rings (SSSR count). The maximum atomic E-state index is 10.6. The molecule has 0 radical (unpaired) electrons. The lowest BCUT2D eigenvalue weighted by atomic mass is 9.90. The van der Waals surface area contributed by atoms with E-state index in [1.807, 2.05) is 0 Å². The van der Waals surface area contributed by atoms with Gasteiger partial charge < -0.3 is 15.6 Å². The Kier molecular flexibility index (Phi) is 3.05. The third kappa shape index (κ3) is 2.19. The van der Waals surface area contributed by atoms with Crippen molar-refractivity contribution in [3.8, 4) is 0 Å². The Bertz CT molecular complexity index is 172. The van der Waals surface area contributed by atoms with Crippen LogP contribution < -0.4 is 5.73 Å². The molecular formula is C8H15NO3. The number of hydrogen-bond acceptors (Lipinski definition) is 4. The number of hydrogen-bond donors (Lipinski definition) is 2. The van der Waals surface area contributed by atoms with Crippen molar-refractivity contribution in [2.45, 2.75) is 44.4 Å². The van der Waals surface area contributed by atoms with Crippen molar-refractivity contribution in [2.75, 3.05) is 0 Å². The summed E-state index contributed by atoms with van der Waals surface area (Å²) in [5.41, 5.74) is 5.64. The molecule has 0 aliphatic heterocycles. The highest BCUT2D eigenvalue weighted by Crippen LogP contribution is 2.20. The number of carbonyl (C=O) groups excluding carboxylic acids is 1. The second kappa shape index (κ2) is 3.87. The molecule has 4 heteroatoms. The summed E-state index contributed by atoms with van der Waals surface area (Å²) in [7, 11) is 0. The smallest absolute Gasteiger partial charge is 0.302 e. The molecule has 0 aromatic carbocycles. The molecule has 1 saturated carbocycles. The second-order valence-corrected chi connectivity index (χ2v) is 3.22. The minimum absolute atomic E-state index is 0.300. The molecule has 0 bridgehead atoms. The fraction of sp³-hybridized carbons (Fsp3) is 0.875. The van der Waals surface area contributed by atoms with Crippen LogP contribution in [0.5, 0.6) is 0 Å². The molecule has 1 fully saturated rings. The molecule has 0 unspecified atom stereocenters. The fourth-order valence-corrected chi connectivity index (χ4v) is 1.51. The van der Waals surface area contributed by atoms with Crippen molar-refractivity contribution in [1.29, 1.82) is 0 Å². The van der Waals surface area contributed by atoms with E-state index in [1.54, 1.807) is 0 Å². The normalized spacial score (nSPS) is 36.1. The summed E-state index contributed by atoms with van der Waals surface area (Å²) in [5, 5.41) is 9.34. The highest BCUT2D eigenvalue weighted by atomic mass is 16.5. The number of carbonyl (C=O) groups is 1. The van der Waals surface area contributed by atoms with Crippen molar-refractivity contribution < 1.29 is 14.6 Å². The van der Waals surface area contributed by atoms with E-state index in [4.69, 9.17) is 10.5 Å². The van der Waals surface area contributed by atoms with Gasteiger partial charge in [0.25, 0.3) is 0 Å². The van der Waals surface area contributed by atoms with Crippen molar-refractivity contribution in [2.24, 2.45) is 5.73 Å². The lowest BCUT2D eigenvalue weighted by Crippen LogP contribution is -2.49. The molecule has 0 heterocycles. The standard InChI is InChI=1S/C8H15NO3/c1-5(10)12-7-4-2-3-6(11)8(7)9/h6-8,11H,2-4,9H2,1H3/t6-,7+,8+/m1/s1. The predicted molar refractivity (Wildman–Crippen MR) is 43.4 cm³/mol. The van der Waals surface area contributed by atoms with Crippen LogP contribution >= 0.6 is 0 Å². The molecule has 3 atom stereocenters. The van der Waals surface area contributed by atoms with Crippen LogP contribution in [0.1, 0.15) is 26.2 Å². The SMILES string of the molecule is CC(=O)O[C@H]1CCC[C@@H](O)[C@@H]1N.